The monoisotopic (exact) mass is 346 g/mol. The lowest BCUT2D eigenvalue weighted by Gasteiger charge is -2.18. The number of fused-ring (bicyclic) bond motifs is 1. The fourth-order valence-electron chi connectivity index (χ4n) is 2.44. The first kappa shape index (κ1) is 14.9. The van der Waals surface area contributed by atoms with Crippen LogP contribution in [0.3, 0.4) is 0 Å². The van der Waals surface area contributed by atoms with Crippen LogP contribution < -0.4 is 14.8 Å². The molecule has 1 aromatic carbocycles. The molecule has 0 bridgehead atoms. The highest BCUT2D eigenvalue weighted by atomic mass is 32.2. The zero-order valence-electron chi connectivity index (χ0n) is 12.5. The molecule has 1 fully saturated rings. The molecule has 2 aromatic rings. The van der Waals surface area contributed by atoms with E-state index < -0.39 is 10.0 Å². The molecule has 1 aliphatic heterocycles. The van der Waals surface area contributed by atoms with Crippen LogP contribution in [-0.2, 0) is 14.8 Å². The van der Waals surface area contributed by atoms with E-state index in [4.69, 9.17) is 4.74 Å². The van der Waals surface area contributed by atoms with Crippen molar-refractivity contribution in [1.82, 2.24) is 9.97 Å². The maximum Gasteiger partial charge on any atom is 0.264 e. The number of carbonyl (C=O) groups excluding carboxylic acids is 1. The lowest BCUT2D eigenvalue weighted by atomic mass is 10.2. The number of nitrogens with zero attached hydrogens (tertiary/aromatic N) is 2. The van der Waals surface area contributed by atoms with Gasteiger partial charge in [0.1, 0.15) is 5.75 Å². The summed E-state index contributed by atoms with van der Waals surface area (Å²) in [5.41, 5.74) is 1.16. The van der Waals surface area contributed by atoms with Gasteiger partial charge in [-0.15, -0.1) is 0 Å². The quantitative estimate of drug-likeness (QED) is 0.868. The third-order valence-electron chi connectivity index (χ3n) is 3.79. The lowest BCUT2D eigenvalue weighted by molar-refractivity contribution is -0.118. The average Bonchev–Trinajstić information content (AvgIpc) is 3.39. The second-order valence-electron chi connectivity index (χ2n) is 5.68. The van der Waals surface area contributed by atoms with Crippen molar-refractivity contribution >= 4 is 27.6 Å². The largest absolute Gasteiger partial charge is 0.482 e. The SMILES string of the molecule is O=C1COc2ccc(S(=O)(=O)Nc3nccc(C4CC4)n3)cc2N1. The van der Waals surface area contributed by atoms with Crippen LogP contribution in [0.25, 0.3) is 0 Å². The second-order valence-corrected chi connectivity index (χ2v) is 7.36. The maximum atomic E-state index is 12.5. The highest BCUT2D eigenvalue weighted by Crippen LogP contribution is 2.39. The van der Waals surface area contributed by atoms with Crippen LogP contribution in [0.4, 0.5) is 11.6 Å². The van der Waals surface area contributed by atoms with Gasteiger partial charge >= 0.3 is 0 Å². The van der Waals surface area contributed by atoms with Gasteiger partial charge in [0.25, 0.3) is 15.9 Å². The minimum Gasteiger partial charge on any atom is -0.482 e. The van der Waals surface area contributed by atoms with Crippen molar-refractivity contribution in [3.8, 4) is 5.75 Å². The molecule has 0 saturated heterocycles. The van der Waals surface area contributed by atoms with Crippen LogP contribution in [0, 0.1) is 0 Å². The summed E-state index contributed by atoms with van der Waals surface area (Å²) in [4.78, 5) is 19.6. The number of sulfonamides is 1. The van der Waals surface area contributed by atoms with E-state index >= 15 is 0 Å². The van der Waals surface area contributed by atoms with Gasteiger partial charge in [-0.05, 0) is 37.1 Å². The second kappa shape index (κ2) is 5.45. The fraction of sp³-hybridized carbons (Fsp3) is 0.267. The highest BCUT2D eigenvalue weighted by Gasteiger charge is 2.26. The third-order valence-corrected chi connectivity index (χ3v) is 5.12. The number of nitrogens with one attached hydrogen (secondary N) is 2. The molecule has 0 spiro atoms. The number of amides is 1. The van der Waals surface area contributed by atoms with Crippen LogP contribution in [0.1, 0.15) is 24.5 Å². The molecule has 0 atom stereocenters. The number of rotatable bonds is 4. The Morgan fingerprint density at radius 2 is 2.08 bits per heavy atom. The predicted molar refractivity (Wildman–Crippen MR) is 85.4 cm³/mol. The van der Waals surface area contributed by atoms with Crippen LogP contribution in [0.15, 0.2) is 35.4 Å². The maximum absolute atomic E-state index is 12.5. The summed E-state index contributed by atoms with van der Waals surface area (Å²) < 4.78 is 32.6. The van der Waals surface area contributed by atoms with E-state index in [-0.39, 0.29) is 23.4 Å². The van der Waals surface area contributed by atoms with E-state index in [1.807, 2.05) is 0 Å². The fourth-order valence-corrected chi connectivity index (χ4v) is 3.41. The zero-order chi connectivity index (χ0) is 16.7. The van der Waals surface area contributed by atoms with E-state index in [2.05, 4.69) is 20.0 Å². The molecular formula is C15H14N4O4S. The van der Waals surface area contributed by atoms with Crippen LogP contribution in [0.2, 0.25) is 0 Å². The summed E-state index contributed by atoms with van der Waals surface area (Å²) in [5, 5.41) is 2.58. The molecule has 1 amide bonds. The smallest absolute Gasteiger partial charge is 0.264 e. The Hall–Kier alpha value is -2.68. The highest BCUT2D eigenvalue weighted by molar-refractivity contribution is 7.92. The van der Waals surface area contributed by atoms with Gasteiger partial charge in [-0.25, -0.2) is 23.1 Å². The molecule has 1 saturated carbocycles. The lowest BCUT2D eigenvalue weighted by Crippen LogP contribution is -2.25. The summed E-state index contributed by atoms with van der Waals surface area (Å²) in [6.07, 6.45) is 3.67. The van der Waals surface area contributed by atoms with Crippen LogP contribution in [0.5, 0.6) is 5.75 Å². The van der Waals surface area contributed by atoms with Crippen LogP contribution in [-0.4, -0.2) is 30.9 Å². The van der Waals surface area contributed by atoms with Gasteiger partial charge in [0.15, 0.2) is 6.61 Å². The number of ether oxygens (including phenoxy) is 1. The van der Waals surface area contributed by atoms with Gasteiger partial charge in [0.2, 0.25) is 5.95 Å². The number of hydrogen-bond acceptors (Lipinski definition) is 6. The summed E-state index contributed by atoms with van der Waals surface area (Å²) in [7, 11) is -3.87. The zero-order valence-corrected chi connectivity index (χ0v) is 13.3. The standard InChI is InChI=1S/C15H14N4O4S/c20-14-8-23-13-4-3-10(7-12(13)17-14)24(21,22)19-15-16-6-5-11(18-15)9-1-2-9/h3-7,9H,1-2,8H2,(H,17,20)(H,16,18,19). The Bertz CT molecular complexity index is 925. The third kappa shape index (κ3) is 2.90. The van der Waals surface area contributed by atoms with Crippen molar-refractivity contribution in [2.24, 2.45) is 0 Å². The Morgan fingerprint density at radius 3 is 2.88 bits per heavy atom. The minimum absolute atomic E-state index is 0.00697. The van der Waals surface area contributed by atoms with E-state index in [0.29, 0.717) is 17.4 Å². The number of hydrogen-bond donors (Lipinski definition) is 2. The van der Waals surface area contributed by atoms with Gasteiger partial charge in [-0.2, -0.15) is 0 Å². The van der Waals surface area contributed by atoms with E-state index in [0.717, 1.165) is 18.5 Å². The Labute approximate surface area is 138 Å². The van der Waals surface area contributed by atoms with Gasteiger partial charge < -0.3 is 10.1 Å². The topological polar surface area (TPSA) is 110 Å². The molecule has 4 rings (SSSR count). The summed E-state index contributed by atoms with van der Waals surface area (Å²) in [6.45, 7) is -0.0842. The molecular weight excluding hydrogens is 332 g/mol. The normalized spacial score (nSPS) is 16.8. The van der Waals surface area contributed by atoms with Crippen molar-refractivity contribution in [2.75, 3.05) is 16.6 Å². The van der Waals surface area contributed by atoms with Gasteiger partial charge in [0.05, 0.1) is 10.6 Å². The van der Waals surface area contributed by atoms with Crippen molar-refractivity contribution in [1.29, 1.82) is 0 Å². The number of anilines is 2. The number of carbonyl (C=O) groups is 1. The molecule has 8 nitrogen and oxygen atoms in total. The molecule has 2 N–H and O–H groups in total. The number of benzene rings is 1. The van der Waals surface area contributed by atoms with Crippen molar-refractivity contribution in [3.63, 3.8) is 0 Å². The molecule has 1 aromatic heterocycles. The first-order chi connectivity index (χ1) is 11.5. The Morgan fingerprint density at radius 1 is 1.25 bits per heavy atom. The molecule has 2 aliphatic rings. The first-order valence-electron chi connectivity index (χ1n) is 7.44. The van der Waals surface area contributed by atoms with Gasteiger partial charge in [-0.1, -0.05) is 0 Å². The predicted octanol–water partition coefficient (Wildman–Crippen LogP) is 1.49. The minimum atomic E-state index is -3.87. The van der Waals surface area contributed by atoms with Gasteiger partial charge in [-0.3, -0.25) is 4.79 Å². The van der Waals surface area contributed by atoms with Crippen LogP contribution >= 0.6 is 0 Å². The Kier molecular flexibility index (Phi) is 3.38. The molecule has 9 heteroatoms. The van der Waals surface area contributed by atoms with Crippen molar-refractivity contribution in [2.45, 2.75) is 23.7 Å². The number of aromatic nitrogens is 2. The van der Waals surface area contributed by atoms with E-state index in [1.54, 1.807) is 12.3 Å². The van der Waals surface area contributed by atoms with Gasteiger partial charge in [0, 0.05) is 17.8 Å². The van der Waals surface area contributed by atoms with Crippen molar-refractivity contribution in [3.05, 3.63) is 36.2 Å². The summed E-state index contributed by atoms with van der Waals surface area (Å²) >= 11 is 0. The molecule has 24 heavy (non-hydrogen) atoms. The average molecular weight is 346 g/mol. The summed E-state index contributed by atoms with van der Waals surface area (Å²) in [6, 6.07) is 6.05. The van der Waals surface area contributed by atoms with E-state index in [9.17, 15) is 13.2 Å². The molecule has 0 radical (unpaired) electrons. The molecule has 2 heterocycles. The Balaban J connectivity index is 1.62. The van der Waals surface area contributed by atoms with E-state index in [1.165, 1.54) is 18.2 Å². The molecule has 124 valence electrons. The molecule has 1 aliphatic carbocycles. The summed E-state index contributed by atoms with van der Waals surface area (Å²) in [5.74, 6) is 0.538. The van der Waals surface area contributed by atoms with Crippen molar-refractivity contribution < 1.29 is 17.9 Å². The molecule has 0 unspecified atom stereocenters. The first-order valence-corrected chi connectivity index (χ1v) is 8.92.